The van der Waals surface area contributed by atoms with E-state index in [1.807, 2.05) is 54.6 Å². The van der Waals surface area contributed by atoms with Crippen molar-refractivity contribution in [1.29, 1.82) is 0 Å². The fourth-order valence-electron chi connectivity index (χ4n) is 7.73. The van der Waals surface area contributed by atoms with E-state index in [9.17, 15) is 15.8 Å². The zero-order valence-electron chi connectivity index (χ0n) is 51.0. The minimum absolute atomic E-state index is 0. The Bertz CT molecular complexity index is 1610. The molecule has 0 bridgehead atoms. The number of ether oxygens (including phenoxy) is 9. The van der Waals surface area contributed by atoms with Gasteiger partial charge in [-0.05, 0) is 115 Å². The van der Waals surface area contributed by atoms with E-state index in [1.165, 1.54) is 0 Å². The first-order valence-electron chi connectivity index (χ1n) is 29.7. The molecule has 3 rings (SSSR count). The van der Waals surface area contributed by atoms with Gasteiger partial charge in [0.25, 0.3) is 0 Å². The van der Waals surface area contributed by atoms with Gasteiger partial charge in [-0.25, -0.2) is 0 Å². The molecule has 0 saturated carbocycles. The molecular weight excluding hydrogens is 1040 g/mol. The first-order chi connectivity index (χ1) is 37.9. The normalized spacial score (nSPS) is 13.3. The Morgan fingerprint density at radius 3 is 0.608 bits per heavy atom. The van der Waals surface area contributed by atoms with Crippen molar-refractivity contribution in [3.8, 4) is 34.5 Å². The number of unbranched alkanes of at least 4 members (excludes halogenated alkanes) is 9. The van der Waals surface area contributed by atoms with Gasteiger partial charge in [0.2, 0.25) is 0 Å². The molecule has 0 heterocycles. The molecule has 0 fully saturated rings. The smallest absolute Gasteiger partial charge is 0.723 e. The van der Waals surface area contributed by atoms with Gasteiger partial charge >= 0.3 is 21.7 Å². The predicted octanol–water partition coefficient (Wildman–Crippen LogP) is 13.1. The molecule has 451 valence electrons. The van der Waals surface area contributed by atoms with Crippen LogP contribution in [0.4, 0.5) is 0 Å². The summed E-state index contributed by atoms with van der Waals surface area (Å²) in [5.74, 6) is 3.78. The monoisotopic (exact) mass is 1150 g/mol. The van der Waals surface area contributed by atoms with Crippen molar-refractivity contribution in [3.63, 3.8) is 0 Å². The molecule has 0 saturated heterocycles. The van der Waals surface area contributed by atoms with Crippen LogP contribution in [-0.4, -0.2) is 79.3 Å². The zero-order chi connectivity index (χ0) is 57.8. The van der Waals surface area contributed by atoms with Gasteiger partial charge < -0.3 is 73.1 Å². The maximum absolute atomic E-state index is 11.7. The summed E-state index contributed by atoms with van der Waals surface area (Å²) in [7, 11) is 0. The fourth-order valence-corrected chi connectivity index (χ4v) is 7.73. The Morgan fingerprint density at radius 2 is 0.456 bits per heavy atom. The largest absolute Gasteiger partial charge is 3.00 e. The second-order valence-corrected chi connectivity index (χ2v) is 20.3. The summed E-state index contributed by atoms with van der Waals surface area (Å²) in [6.07, 6.45) is 17.9. The second-order valence-electron chi connectivity index (χ2n) is 20.3. The van der Waals surface area contributed by atoms with E-state index < -0.39 is 16.8 Å². The third-order valence-corrected chi connectivity index (χ3v) is 12.7. The van der Waals surface area contributed by atoms with Crippen LogP contribution in [-0.2, 0) is 67.4 Å². The van der Waals surface area contributed by atoms with E-state index in [-0.39, 0.29) is 41.5 Å². The predicted molar refractivity (Wildman–Crippen MR) is 304 cm³/mol. The molecule has 15 nitrogen and oxygen atoms in total. The van der Waals surface area contributed by atoms with Crippen molar-refractivity contribution in [2.75, 3.05) is 79.3 Å². The Labute approximate surface area is 493 Å². The quantitative estimate of drug-likeness (QED) is 0.0225. The van der Waals surface area contributed by atoms with Crippen LogP contribution in [0, 0.1) is 0 Å². The third-order valence-electron chi connectivity index (χ3n) is 12.7. The van der Waals surface area contributed by atoms with Crippen molar-refractivity contribution >= 4 is 0 Å². The van der Waals surface area contributed by atoms with Gasteiger partial charge in [-0.3, -0.25) is 0 Å². The summed E-state index contributed by atoms with van der Waals surface area (Å²) in [5.41, 5.74) is -1.59. The Balaban J connectivity index is 0.00000115. The molecule has 3 aromatic carbocycles. The molecule has 16 heteroatoms. The van der Waals surface area contributed by atoms with Gasteiger partial charge in [0.05, 0.1) is 76.2 Å². The maximum atomic E-state index is 11.7. The number of rotatable bonds is 45. The van der Waals surface area contributed by atoms with Gasteiger partial charge in [0.1, 0.15) is 51.3 Å². The molecule has 0 aromatic heterocycles. The van der Waals surface area contributed by atoms with E-state index in [1.54, 1.807) is 20.8 Å². The molecule has 3 unspecified atom stereocenters. The zero-order valence-corrected chi connectivity index (χ0v) is 52.6. The van der Waals surface area contributed by atoms with Gasteiger partial charge in [-0.15, -0.1) is 0 Å². The fraction of sp³-hybridized carbons (Fsp3) is 0.714. The van der Waals surface area contributed by atoms with Gasteiger partial charge in [0.15, 0.2) is 0 Å². The number of benzene rings is 3. The van der Waals surface area contributed by atoms with Crippen molar-refractivity contribution in [1.82, 2.24) is 0 Å². The van der Waals surface area contributed by atoms with E-state index in [0.29, 0.717) is 111 Å². The van der Waals surface area contributed by atoms with Crippen LogP contribution in [0.25, 0.3) is 0 Å². The summed E-state index contributed by atoms with van der Waals surface area (Å²) in [5, 5.41) is 35.1. The van der Waals surface area contributed by atoms with Crippen molar-refractivity contribution in [3.05, 3.63) is 71.3 Å². The third kappa shape index (κ3) is 29.1. The molecule has 0 spiro atoms. The Hall–Kier alpha value is -3.19. The van der Waals surface area contributed by atoms with Crippen LogP contribution in [0.3, 0.4) is 0 Å². The Morgan fingerprint density at radius 1 is 0.291 bits per heavy atom. The summed E-state index contributed by atoms with van der Waals surface area (Å²) in [6, 6.07) is 16.8. The molecule has 3 atom stereocenters. The SMILES string of the molecule is CCCCOCC(C)(O[O-])c1c(OCCCC)cccc1OCCCC.CCCCOCC(C)(O[O-])c1c(OCCCC)cccc1OCCCC.CCCCOCC(C)(O[O-])c1c(OCCCC)cccc1OCCCC.[Ti+3]. The number of hydrogen-bond donors (Lipinski definition) is 0. The second kappa shape index (κ2) is 47.3. The molecule has 3 aromatic rings. The van der Waals surface area contributed by atoms with Gasteiger partial charge in [-0.2, -0.15) is 0 Å². The van der Waals surface area contributed by atoms with E-state index in [0.717, 1.165) is 116 Å². The number of hydrogen-bond acceptors (Lipinski definition) is 15. The van der Waals surface area contributed by atoms with Gasteiger partial charge in [0, 0.05) is 19.8 Å². The van der Waals surface area contributed by atoms with Gasteiger partial charge in [-0.1, -0.05) is 138 Å². The van der Waals surface area contributed by atoms with E-state index in [4.69, 9.17) is 42.6 Å². The first kappa shape index (κ1) is 75.8. The van der Waals surface area contributed by atoms with Crippen LogP contribution in [0.2, 0.25) is 0 Å². The minimum Gasteiger partial charge on any atom is -0.723 e. The molecule has 0 amide bonds. The summed E-state index contributed by atoms with van der Waals surface area (Å²) < 4.78 is 52.8. The standard InChI is InChI=1S/3C21H36O5.Ti/c3*1-5-8-14-23-17-21(4,26-22)20-18(24-15-9-6-2)12-11-13-19(20)25-16-10-7-3;/h3*11-13,22H,5-10,14-17H2,1-4H3;/q;;;+3/p-3. The average molecular weight is 1150 g/mol. The first-order valence-corrected chi connectivity index (χ1v) is 29.7. The van der Waals surface area contributed by atoms with E-state index >= 15 is 0 Å². The molecule has 1 radical (unpaired) electrons. The molecule has 79 heavy (non-hydrogen) atoms. The minimum atomic E-state index is -1.17. The summed E-state index contributed by atoms with van der Waals surface area (Å²) in [4.78, 5) is 14.0. The topological polar surface area (TPSA) is 180 Å². The molecule has 0 aliphatic heterocycles. The van der Waals surface area contributed by atoms with Crippen molar-refractivity contribution in [2.45, 2.75) is 215 Å². The summed E-state index contributed by atoms with van der Waals surface area (Å²) in [6.45, 7) is 30.0. The molecule has 0 aliphatic rings. The van der Waals surface area contributed by atoms with E-state index in [2.05, 4.69) is 77.0 Å². The van der Waals surface area contributed by atoms with Crippen molar-refractivity contribution in [2.24, 2.45) is 0 Å². The van der Waals surface area contributed by atoms with Crippen LogP contribution in [0.15, 0.2) is 54.6 Å². The molecular formula is C63H105O15Ti. The van der Waals surface area contributed by atoms with Crippen molar-refractivity contribution < 1.29 is 94.8 Å². The Kier molecular flexibility index (Phi) is 45.4. The summed E-state index contributed by atoms with van der Waals surface area (Å²) >= 11 is 0. The maximum Gasteiger partial charge on any atom is 3.00 e. The van der Waals surface area contributed by atoms with Crippen LogP contribution in [0.1, 0.15) is 215 Å². The molecule has 0 aliphatic carbocycles. The van der Waals surface area contributed by atoms with Crippen LogP contribution < -0.4 is 44.2 Å². The molecule has 0 N–H and O–H groups in total. The van der Waals surface area contributed by atoms with Crippen LogP contribution >= 0.6 is 0 Å². The van der Waals surface area contributed by atoms with Crippen LogP contribution in [0.5, 0.6) is 34.5 Å². The average Bonchev–Trinajstić information content (AvgIpc) is 3.45.